The number of carbonyl (C=O) groups excluding carboxylic acids is 1. The molecule has 0 bridgehead atoms. The summed E-state index contributed by atoms with van der Waals surface area (Å²) in [6.07, 6.45) is 0. The number of rotatable bonds is 3. The van der Waals surface area contributed by atoms with E-state index < -0.39 is 0 Å². The Morgan fingerprint density at radius 3 is 2.62 bits per heavy atom. The van der Waals surface area contributed by atoms with Gasteiger partial charge >= 0.3 is 5.97 Å². The summed E-state index contributed by atoms with van der Waals surface area (Å²) in [6, 6.07) is 9.89. The van der Waals surface area contributed by atoms with Crippen molar-refractivity contribution in [2.24, 2.45) is 0 Å². The molecule has 0 atom stereocenters. The van der Waals surface area contributed by atoms with Gasteiger partial charge in [0.1, 0.15) is 15.5 Å². The highest BCUT2D eigenvalue weighted by Gasteiger charge is 2.24. The molecule has 3 heterocycles. The number of methoxy groups -OCH3 is 1. The standard InChI is InChI=1S/C19H19N3O3S/c1-12-14-17(22-8-10-25-11-9-22)20-16(13-6-4-3-5-7-13)21-18(14)26-15(12)19(23)24-2/h3-7H,8-11H2,1-2H3. The largest absolute Gasteiger partial charge is 0.465 e. The minimum absolute atomic E-state index is 0.334. The van der Waals surface area contributed by atoms with Crippen LogP contribution >= 0.6 is 11.3 Å². The van der Waals surface area contributed by atoms with Crippen LogP contribution in [-0.2, 0) is 9.47 Å². The third kappa shape index (κ3) is 2.93. The van der Waals surface area contributed by atoms with Crippen molar-refractivity contribution in [2.45, 2.75) is 6.92 Å². The molecule has 6 nitrogen and oxygen atoms in total. The van der Waals surface area contributed by atoms with Crippen LogP contribution in [0.5, 0.6) is 0 Å². The maximum Gasteiger partial charge on any atom is 0.348 e. The summed E-state index contributed by atoms with van der Waals surface area (Å²) in [6.45, 7) is 4.80. The van der Waals surface area contributed by atoms with E-state index in [4.69, 9.17) is 19.4 Å². The van der Waals surface area contributed by atoms with Gasteiger partial charge in [-0.3, -0.25) is 0 Å². The molecule has 0 spiro atoms. The molecule has 2 aromatic heterocycles. The first-order valence-electron chi connectivity index (χ1n) is 8.46. The second-order valence-electron chi connectivity index (χ2n) is 6.06. The summed E-state index contributed by atoms with van der Waals surface area (Å²) in [5, 5.41) is 0.928. The molecule has 4 rings (SSSR count). The molecule has 1 fully saturated rings. The van der Waals surface area contributed by atoms with Crippen molar-refractivity contribution in [2.75, 3.05) is 38.3 Å². The summed E-state index contributed by atoms with van der Waals surface area (Å²) >= 11 is 1.36. The van der Waals surface area contributed by atoms with Crippen molar-refractivity contribution in [3.05, 3.63) is 40.8 Å². The molecule has 0 saturated carbocycles. The van der Waals surface area contributed by atoms with Crippen molar-refractivity contribution in [1.82, 2.24) is 9.97 Å². The second kappa shape index (κ2) is 7.01. The lowest BCUT2D eigenvalue weighted by atomic mass is 10.1. The first-order chi connectivity index (χ1) is 12.7. The number of ether oxygens (including phenoxy) is 2. The summed E-state index contributed by atoms with van der Waals surface area (Å²) in [4.78, 5) is 25.4. The molecular weight excluding hydrogens is 350 g/mol. The third-order valence-electron chi connectivity index (χ3n) is 4.48. The number of aryl methyl sites for hydroxylation is 1. The first-order valence-corrected chi connectivity index (χ1v) is 9.28. The van der Waals surface area contributed by atoms with Gasteiger partial charge in [0, 0.05) is 18.7 Å². The van der Waals surface area contributed by atoms with Crippen LogP contribution in [0.2, 0.25) is 0 Å². The Kier molecular flexibility index (Phi) is 4.57. The number of hydrogen-bond acceptors (Lipinski definition) is 7. The topological polar surface area (TPSA) is 64.5 Å². The number of nitrogens with zero attached hydrogens (tertiary/aromatic N) is 3. The number of fused-ring (bicyclic) bond motifs is 1. The Labute approximate surface area is 155 Å². The summed E-state index contributed by atoms with van der Waals surface area (Å²) in [7, 11) is 1.40. The fourth-order valence-electron chi connectivity index (χ4n) is 3.13. The Bertz CT molecular complexity index is 950. The minimum atomic E-state index is -0.334. The van der Waals surface area contributed by atoms with Gasteiger partial charge in [0.05, 0.1) is 25.7 Å². The smallest absolute Gasteiger partial charge is 0.348 e. The van der Waals surface area contributed by atoms with Crippen LogP contribution < -0.4 is 4.90 Å². The van der Waals surface area contributed by atoms with Crippen molar-refractivity contribution < 1.29 is 14.3 Å². The van der Waals surface area contributed by atoms with E-state index in [-0.39, 0.29) is 5.97 Å². The monoisotopic (exact) mass is 369 g/mol. The van der Waals surface area contributed by atoms with Gasteiger partial charge in [-0.2, -0.15) is 0 Å². The van der Waals surface area contributed by atoms with E-state index in [0.29, 0.717) is 23.9 Å². The van der Waals surface area contributed by atoms with E-state index in [9.17, 15) is 4.79 Å². The molecule has 0 radical (unpaired) electrons. The van der Waals surface area contributed by atoms with E-state index in [2.05, 4.69) is 4.90 Å². The van der Waals surface area contributed by atoms with E-state index in [1.54, 1.807) is 0 Å². The van der Waals surface area contributed by atoms with Crippen molar-refractivity contribution in [3.8, 4) is 11.4 Å². The van der Waals surface area contributed by atoms with Crippen LogP contribution in [0.3, 0.4) is 0 Å². The number of morpholine rings is 1. The van der Waals surface area contributed by atoms with Gasteiger partial charge in [-0.05, 0) is 12.5 Å². The molecule has 134 valence electrons. The Morgan fingerprint density at radius 2 is 1.92 bits per heavy atom. The predicted octanol–water partition coefficient (Wildman–Crippen LogP) is 3.29. The van der Waals surface area contributed by atoms with Gasteiger partial charge in [-0.25, -0.2) is 14.8 Å². The molecule has 26 heavy (non-hydrogen) atoms. The van der Waals surface area contributed by atoms with Crippen molar-refractivity contribution in [1.29, 1.82) is 0 Å². The molecule has 3 aromatic rings. The van der Waals surface area contributed by atoms with Gasteiger partial charge in [0.25, 0.3) is 0 Å². The zero-order valence-corrected chi connectivity index (χ0v) is 15.5. The zero-order chi connectivity index (χ0) is 18.1. The number of aromatic nitrogens is 2. The third-order valence-corrected chi connectivity index (χ3v) is 5.65. The highest BCUT2D eigenvalue weighted by Crippen LogP contribution is 2.37. The minimum Gasteiger partial charge on any atom is -0.465 e. The van der Waals surface area contributed by atoms with Crippen LogP contribution in [0.25, 0.3) is 21.6 Å². The first kappa shape index (κ1) is 16.9. The van der Waals surface area contributed by atoms with Crippen LogP contribution in [0.4, 0.5) is 5.82 Å². The average Bonchev–Trinajstić information content (AvgIpc) is 3.04. The van der Waals surface area contributed by atoms with Crippen LogP contribution in [-0.4, -0.2) is 49.4 Å². The highest BCUT2D eigenvalue weighted by molar-refractivity contribution is 7.20. The summed E-state index contributed by atoms with van der Waals surface area (Å²) in [5.41, 5.74) is 1.83. The van der Waals surface area contributed by atoms with E-state index >= 15 is 0 Å². The fourth-order valence-corrected chi connectivity index (χ4v) is 4.22. The lowest BCUT2D eigenvalue weighted by Crippen LogP contribution is -2.37. The Hall–Kier alpha value is -2.51. The molecule has 7 heteroatoms. The van der Waals surface area contributed by atoms with Gasteiger partial charge in [0.2, 0.25) is 0 Å². The quantitative estimate of drug-likeness (QED) is 0.660. The van der Waals surface area contributed by atoms with Gasteiger partial charge in [0.15, 0.2) is 5.82 Å². The summed E-state index contributed by atoms with van der Waals surface area (Å²) in [5.74, 6) is 1.19. The fraction of sp³-hybridized carbons (Fsp3) is 0.316. The van der Waals surface area contributed by atoms with Crippen molar-refractivity contribution >= 4 is 33.3 Å². The maximum atomic E-state index is 12.2. The molecule has 0 amide bonds. The molecule has 0 N–H and O–H groups in total. The predicted molar refractivity (Wildman–Crippen MR) is 102 cm³/mol. The molecule has 0 unspecified atom stereocenters. The van der Waals surface area contributed by atoms with Crippen LogP contribution in [0.1, 0.15) is 15.2 Å². The Morgan fingerprint density at radius 1 is 1.19 bits per heavy atom. The molecule has 1 aliphatic heterocycles. The highest BCUT2D eigenvalue weighted by atomic mass is 32.1. The normalized spacial score (nSPS) is 14.6. The molecule has 1 saturated heterocycles. The van der Waals surface area contributed by atoms with Gasteiger partial charge in [-0.1, -0.05) is 30.3 Å². The number of benzene rings is 1. The number of thiophene rings is 1. The van der Waals surface area contributed by atoms with Gasteiger partial charge < -0.3 is 14.4 Å². The number of esters is 1. The van der Waals surface area contributed by atoms with Crippen LogP contribution in [0, 0.1) is 6.92 Å². The molecular formula is C19H19N3O3S. The SMILES string of the molecule is COC(=O)c1sc2nc(-c3ccccc3)nc(N3CCOCC3)c2c1C. The number of hydrogen-bond donors (Lipinski definition) is 0. The van der Waals surface area contributed by atoms with Crippen LogP contribution in [0.15, 0.2) is 30.3 Å². The van der Waals surface area contributed by atoms with E-state index in [1.165, 1.54) is 18.4 Å². The van der Waals surface area contributed by atoms with E-state index in [0.717, 1.165) is 40.3 Å². The number of carbonyl (C=O) groups is 1. The Balaban J connectivity index is 1.94. The number of anilines is 1. The lowest BCUT2D eigenvalue weighted by molar-refractivity contribution is 0.0605. The maximum absolute atomic E-state index is 12.2. The second-order valence-corrected chi connectivity index (χ2v) is 7.06. The average molecular weight is 369 g/mol. The molecule has 1 aromatic carbocycles. The van der Waals surface area contributed by atoms with Gasteiger partial charge in [-0.15, -0.1) is 11.3 Å². The van der Waals surface area contributed by atoms with E-state index in [1.807, 2.05) is 37.3 Å². The molecule has 0 aliphatic carbocycles. The molecule has 1 aliphatic rings. The summed E-state index contributed by atoms with van der Waals surface area (Å²) < 4.78 is 10.4. The van der Waals surface area contributed by atoms with Crippen molar-refractivity contribution in [3.63, 3.8) is 0 Å². The lowest BCUT2D eigenvalue weighted by Gasteiger charge is -2.28. The zero-order valence-electron chi connectivity index (χ0n) is 14.7.